The second-order valence-electron chi connectivity index (χ2n) is 7.54. The Morgan fingerprint density at radius 1 is 1.03 bits per heavy atom. The Morgan fingerprint density at radius 2 is 1.76 bits per heavy atom. The summed E-state index contributed by atoms with van der Waals surface area (Å²) in [6.07, 6.45) is 2.49. The Bertz CT molecular complexity index is 747. The Labute approximate surface area is 179 Å². The highest BCUT2D eigenvalue weighted by molar-refractivity contribution is 7.99. The van der Waals surface area contributed by atoms with Gasteiger partial charge in [-0.3, -0.25) is 4.90 Å². The maximum atomic E-state index is 10.5. The van der Waals surface area contributed by atoms with E-state index in [1.165, 1.54) is 22.8 Å². The molecule has 0 amide bonds. The summed E-state index contributed by atoms with van der Waals surface area (Å²) in [4.78, 5) is 6.45. The maximum absolute atomic E-state index is 10.5. The van der Waals surface area contributed by atoms with Crippen LogP contribution in [0.15, 0.2) is 53.4 Å². The number of aliphatic hydroxyl groups excluding tert-OH is 1. The molecule has 1 aliphatic rings. The number of methoxy groups -OCH3 is 1. The predicted octanol–water partition coefficient (Wildman–Crippen LogP) is 4.83. The zero-order chi connectivity index (χ0) is 20.5. The van der Waals surface area contributed by atoms with Crippen molar-refractivity contribution in [1.82, 2.24) is 4.90 Å². The molecule has 1 atom stereocenters. The van der Waals surface area contributed by atoms with Crippen molar-refractivity contribution in [3.63, 3.8) is 0 Å². The predicted molar refractivity (Wildman–Crippen MR) is 123 cm³/mol. The van der Waals surface area contributed by atoms with Gasteiger partial charge in [-0.05, 0) is 49.8 Å². The lowest BCUT2D eigenvalue weighted by molar-refractivity contribution is 0.150. The Morgan fingerprint density at radius 3 is 2.52 bits per heavy atom. The third kappa shape index (κ3) is 6.14. The molecule has 29 heavy (non-hydrogen) atoms. The summed E-state index contributed by atoms with van der Waals surface area (Å²) in [7, 11) is 1.66. The van der Waals surface area contributed by atoms with Crippen LogP contribution in [-0.2, 0) is 0 Å². The molecule has 2 aromatic carbocycles. The number of piperazine rings is 1. The molecule has 0 aromatic heterocycles. The number of anilines is 1. The van der Waals surface area contributed by atoms with Gasteiger partial charge in [0.15, 0.2) is 0 Å². The molecule has 1 aliphatic heterocycles. The molecule has 0 bridgehead atoms. The lowest BCUT2D eigenvalue weighted by atomic mass is 10.0. The molecule has 0 aliphatic carbocycles. The molecule has 0 saturated carbocycles. The molecule has 5 heteroatoms. The highest BCUT2D eigenvalue weighted by atomic mass is 32.2. The number of thioether (sulfide) groups is 1. The lowest BCUT2D eigenvalue weighted by Gasteiger charge is -2.37. The largest absolute Gasteiger partial charge is 0.496 e. The molecular formula is C24H34N2O2S. The number of aliphatic hydroxyl groups is 1. The topological polar surface area (TPSA) is 35.9 Å². The van der Waals surface area contributed by atoms with Crippen molar-refractivity contribution in [3.05, 3.63) is 54.1 Å². The van der Waals surface area contributed by atoms with E-state index in [0.717, 1.165) is 56.9 Å². The average Bonchev–Trinajstić information content (AvgIpc) is 2.78. The molecule has 0 spiro atoms. The zero-order valence-electron chi connectivity index (χ0n) is 17.7. The first kappa shape index (κ1) is 22.0. The molecule has 0 unspecified atom stereocenters. The van der Waals surface area contributed by atoms with Crippen LogP contribution in [0.1, 0.15) is 37.9 Å². The van der Waals surface area contributed by atoms with Crippen LogP contribution < -0.4 is 9.64 Å². The van der Waals surface area contributed by atoms with E-state index in [2.05, 4.69) is 41.0 Å². The molecule has 1 fully saturated rings. The molecule has 1 heterocycles. The quantitative estimate of drug-likeness (QED) is 0.563. The van der Waals surface area contributed by atoms with E-state index in [1.807, 2.05) is 36.0 Å². The Hall–Kier alpha value is -1.69. The SMILES string of the molecule is CCCSc1ccccc1N1CCN(CCC[C@@H](O)c2ccccc2OC)CC1. The van der Waals surface area contributed by atoms with Crippen LogP contribution in [-0.4, -0.2) is 55.6 Å². The van der Waals surface area contributed by atoms with Crippen molar-refractivity contribution in [1.29, 1.82) is 0 Å². The Kier molecular flexibility index (Phi) is 8.71. The molecule has 2 aromatic rings. The summed E-state index contributed by atoms with van der Waals surface area (Å²) in [6, 6.07) is 16.6. The van der Waals surface area contributed by atoms with Crippen LogP contribution in [0, 0.1) is 0 Å². The lowest BCUT2D eigenvalue weighted by Crippen LogP contribution is -2.46. The van der Waals surface area contributed by atoms with Gasteiger partial charge < -0.3 is 14.7 Å². The van der Waals surface area contributed by atoms with E-state index in [1.54, 1.807) is 7.11 Å². The van der Waals surface area contributed by atoms with Gasteiger partial charge >= 0.3 is 0 Å². The van der Waals surface area contributed by atoms with Gasteiger partial charge in [-0.15, -0.1) is 11.8 Å². The fourth-order valence-corrected chi connectivity index (χ4v) is 4.81. The van der Waals surface area contributed by atoms with Crippen molar-refractivity contribution in [2.45, 2.75) is 37.2 Å². The van der Waals surface area contributed by atoms with Crippen LogP contribution in [0.3, 0.4) is 0 Å². The molecule has 0 radical (unpaired) electrons. The van der Waals surface area contributed by atoms with E-state index in [-0.39, 0.29) is 0 Å². The van der Waals surface area contributed by atoms with Gasteiger partial charge in [0.1, 0.15) is 5.75 Å². The van der Waals surface area contributed by atoms with E-state index in [9.17, 15) is 5.11 Å². The standard InChI is InChI=1S/C24H34N2O2S/c1-3-19-29-24-13-7-5-10-21(24)26-17-15-25(16-18-26)14-8-11-22(27)20-9-4-6-12-23(20)28-2/h4-7,9-10,12-13,22,27H,3,8,11,14-19H2,1-2H3/t22-/m1/s1. The van der Waals surface area contributed by atoms with Crippen molar-refractivity contribution >= 4 is 17.4 Å². The van der Waals surface area contributed by atoms with Crippen LogP contribution in [0.4, 0.5) is 5.69 Å². The molecule has 1 saturated heterocycles. The first-order valence-electron chi connectivity index (χ1n) is 10.7. The van der Waals surface area contributed by atoms with Crippen molar-refractivity contribution in [2.24, 2.45) is 0 Å². The highest BCUT2D eigenvalue weighted by Gasteiger charge is 2.20. The number of benzene rings is 2. The van der Waals surface area contributed by atoms with Gasteiger partial charge in [-0.1, -0.05) is 37.3 Å². The zero-order valence-corrected chi connectivity index (χ0v) is 18.5. The summed E-state index contributed by atoms with van der Waals surface area (Å²) in [6.45, 7) is 7.57. The molecule has 4 nitrogen and oxygen atoms in total. The van der Waals surface area contributed by atoms with Gasteiger partial charge in [0.05, 0.1) is 18.9 Å². The monoisotopic (exact) mass is 414 g/mol. The van der Waals surface area contributed by atoms with E-state index >= 15 is 0 Å². The summed E-state index contributed by atoms with van der Waals surface area (Å²) in [5.74, 6) is 1.94. The average molecular weight is 415 g/mol. The smallest absolute Gasteiger partial charge is 0.124 e. The van der Waals surface area contributed by atoms with Gasteiger partial charge in [-0.25, -0.2) is 0 Å². The number of hydrogen-bond donors (Lipinski definition) is 1. The van der Waals surface area contributed by atoms with Crippen LogP contribution in [0.5, 0.6) is 5.75 Å². The van der Waals surface area contributed by atoms with Crippen LogP contribution in [0.2, 0.25) is 0 Å². The van der Waals surface area contributed by atoms with Crippen molar-refractivity contribution < 1.29 is 9.84 Å². The first-order valence-corrected chi connectivity index (χ1v) is 11.7. The maximum Gasteiger partial charge on any atom is 0.124 e. The van der Waals surface area contributed by atoms with Crippen LogP contribution in [0.25, 0.3) is 0 Å². The van der Waals surface area contributed by atoms with E-state index < -0.39 is 6.10 Å². The minimum Gasteiger partial charge on any atom is -0.496 e. The molecular weight excluding hydrogens is 380 g/mol. The fourth-order valence-electron chi connectivity index (χ4n) is 3.87. The fraction of sp³-hybridized carbons (Fsp3) is 0.500. The second-order valence-corrected chi connectivity index (χ2v) is 8.68. The number of rotatable bonds is 10. The molecule has 1 N–H and O–H groups in total. The van der Waals surface area contributed by atoms with Gasteiger partial charge in [-0.2, -0.15) is 0 Å². The number of nitrogens with zero attached hydrogens (tertiary/aromatic N) is 2. The summed E-state index contributed by atoms with van der Waals surface area (Å²) >= 11 is 1.97. The van der Waals surface area contributed by atoms with Gasteiger partial charge in [0.25, 0.3) is 0 Å². The van der Waals surface area contributed by atoms with Gasteiger partial charge in [0, 0.05) is 36.6 Å². The number of ether oxygens (including phenoxy) is 1. The molecule has 3 rings (SSSR count). The van der Waals surface area contributed by atoms with E-state index in [4.69, 9.17) is 4.74 Å². The minimum absolute atomic E-state index is 0.463. The number of hydrogen-bond acceptors (Lipinski definition) is 5. The molecule has 158 valence electrons. The third-order valence-corrected chi connectivity index (χ3v) is 6.76. The van der Waals surface area contributed by atoms with Crippen LogP contribution >= 0.6 is 11.8 Å². The second kappa shape index (κ2) is 11.5. The normalized spacial score (nSPS) is 16.0. The van der Waals surface area contributed by atoms with Crippen molar-refractivity contribution in [3.8, 4) is 5.75 Å². The summed E-state index contributed by atoms with van der Waals surface area (Å²) < 4.78 is 5.37. The van der Waals surface area contributed by atoms with Gasteiger partial charge in [0.2, 0.25) is 0 Å². The third-order valence-electron chi connectivity index (χ3n) is 5.49. The van der Waals surface area contributed by atoms with Crippen molar-refractivity contribution in [2.75, 3.05) is 50.5 Å². The number of para-hydroxylation sites is 2. The van der Waals surface area contributed by atoms with E-state index in [0.29, 0.717) is 0 Å². The first-order chi connectivity index (χ1) is 14.2. The minimum atomic E-state index is -0.463. The Balaban J connectivity index is 1.45. The summed E-state index contributed by atoms with van der Waals surface area (Å²) in [5, 5.41) is 10.5. The highest BCUT2D eigenvalue weighted by Crippen LogP contribution is 2.31. The summed E-state index contributed by atoms with van der Waals surface area (Å²) in [5.41, 5.74) is 2.28.